The van der Waals surface area contributed by atoms with Crippen LogP contribution in [0.3, 0.4) is 0 Å². The van der Waals surface area contributed by atoms with Gasteiger partial charge < -0.3 is 15.5 Å². The second kappa shape index (κ2) is 8.67. The lowest BCUT2D eigenvalue weighted by Gasteiger charge is -2.19. The zero-order chi connectivity index (χ0) is 15.1. The summed E-state index contributed by atoms with van der Waals surface area (Å²) in [5.74, 6) is -0.327. The third-order valence-electron chi connectivity index (χ3n) is 2.48. The maximum Gasteiger partial charge on any atom is 0.238 e. The van der Waals surface area contributed by atoms with E-state index in [-0.39, 0.29) is 35.7 Å². The van der Waals surface area contributed by atoms with Gasteiger partial charge in [-0.15, -0.1) is 0 Å². The van der Waals surface area contributed by atoms with Crippen LogP contribution in [0.5, 0.6) is 0 Å². The van der Waals surface area contributed by atoms with Crippen LogP contribution in [0, 0.1) is 0 Å². The first kappa shape index (κ1) is 17.5. The van der Waals surface area contributed by atoms with Crippen molar-refractivity contribution in [3.8, 4) is 0 Å². The molecule has 0 aliphatic rings. The van der Waals surface area contributed by atoms with Crippen LogP contribution >= 0.6 is 34.8 Å². The number of carbonyl (C=O) groups excluding carboxylic acids is 1. The van der Waals surface area contributed by atoms with E-state index >= 15 is 0 Å². The lowest BCUT2D eigenvalue weighted by atomic mass is 10.3. The van der Waals surface area contributed by atoms with Gasteiger partial charge in [0.05, 0.1) is 40.5 Å². The number of anilines is 1. The monoisotopic (exact) mass is 340 g/mol. The molecule has 8 heteroatoms. The topological polar surface area (TPSA) is 72.8 Å². The van der Waals surface area contributed by atoms with Crippen LogP contribution in [0.2, 0.25) is 15.1 Å². The van der Waals surface area contributed by atoms with E-state index in [0.717, 1.165) is 0 Å². The van der Waals surface area contributed by atoms with Crippen LogP contribution in [0.15, 0.2) is 12.1 Å². The number of halogens is 3. The van der Waals surface area contributed by atoms with Gasteiger partial charge in [0.25, 0.3) is 0 Å². The summed E-state index contributed by atoms with van der Waals surface area (Å²) in [5, 5.41) is 21.2. The van der Waals surface area contributed by atoms with Gasteiger partial charge in [0, 0.05) is 13.1 Å². The molecule has 0 heterocycles. The Kier molecular flexibility index (Phi) is 7.58. The van der Waals surface area contributed by atoms with Crippen molar-refractivity contribution in [3.05, 3.63) is 27.2 Å². The predicted molar refractivity (Wildman–Crippen MR) is 80.7 cm³/mol. The molecule has 1 aromatic carbocycles. The van der Waals surface area contributed by atoms with Gasteiger partial charge in [0.15, 0.2) is 0 Å². The summed E-state index contributed by atoms with van der Waals surface area (Å²) in [7, 11) is 0. The Labute approximate surface area is 132 Å². The van der Waals surface area contributed by atoms with Crippen LogP contribution in [0.25, 0.3) is 0 Å². The highest BCUT2D eigenvalue weighted by molar-refractivity contribution is 6.44. The molecule has 3 N–H and O–H groups in total. The minimum Gasteiger partial charge on any atom is -0.395 e. The summed E-state index contributed by atoms with van der Waals surface area (Å²) in [6.45, 7) is 0.422. The SMILES string of the molecule is O=C(CN(CCO)CCO)Nc1cc(Cl)c(Cl)cc1Cl. The number of nitrogens with one attached hydrogen (secondary N) is 1. The molecule has 20 heavy (non-hydrogen) atoms. The van der Waals surface area contributed by atoms with Gasteiger partial charge in [-0.1, -0.05) is 34.8 Å². The molecule has 5 nitrogen and oxygen atoms in total. The fourth-order valence-electron chi connectivity index (χ4n) is 1.56. The fraction of sp³-hybridized carbons (Fsp3) is 0.417. The number of benzene rings is 1. The van der Waals surface area contributed by atoms with Crippen molar-refractivity contribution in [1.29, 1.82) is 0 Å². The zero-order valence-electron chi connectivity index (χ0n) is 10.6. The van der Waals surface area contributed by atoms with Gasteiger partial charge in [-0.2, -0.15) is 0 Å². The highest BCUT2D eigenvalue weighted by Gasteiger charge is 2.13. The van der Waals surface area contributed by atoms with Crippen molar-refractivity contribution in [2.75, 3.05) is 38.2 Å². The Morgan fingerprint density at radius 2 is 1.60 bits per heavy atom. The summed E-state index contributed by atoms with van der Waals surface area (Å²) >= 11 is 17.6. The Hall–Kier alpha value is -0.560. The lowest BCUT2D eigenvalue weighted by Crippen LogP contribution is -2.37. The van der Waals surface area contributed by atoms with Crippen LogP contribution in [0.1, 0.15) is 0 Å². The smallest absolute Gasteiger partial charge is 0.238 e. The molecule has 1 amide bonds. The molecule has 0 aliphatic heterocycles. The van der Waals surface area contributed by atoms with E-state index in [2.05, 4.69) is 5.32 Å². The standard InChI is InChI=1S/C12H15Cl3N2O3/c13-8-5-10(15)11(6-9(8)14)16-12(20)7-17(1-3-18)2-4-19/h5-6,18-19H,1-4,7H2,(H,16,20). The summed E-state index contributed by atoms with van der Waals surface area (Å²) < 4.78 is 0. The Balaban J connectivity index is 2.68. The third kappa shape index (κ3) is 5.44. The van der Waals surface area contributed by atoms with Crippen LogP contribution in [0.4, 0.5) is 5.69 Å². The van der Waals surface area contributed by atoms with Gasteiger partial charge in [0.1, 0.15) is 0 Å². The first-order valence-corrected chi connectivity index (χ1v) is 6.99. The normalized spacial score (nSPS) is 10.9. The van der Waals surface area contributed by atoms with Crippen molar-refractivity contribution in [3.63, 3.8) is 0 Å². The van der Waals surface area contributed by atoms with E-state index < -0.39 is 0 Å². The molecule has 0 unspecified atom stereocenters. The zero-order valence-corrected chi connectivity index (χ0v) is 12.8. The molecule has 0 atom stereocenters. The Morgan fingerprint density at radius 3 is 2.15 bits per heavy atom. The first-order valence-electron chi connectivity index (χ1n) is 5.86. The number of amides is 1. The van der Waals surface area contributed by atoms with E-state index in [1.165, 1.54) is 12.1 Å². The lowest BCUT2D eigenvalue weighted by molar-refractivity contribution is -0.117. The number of nitrogens with zero attached hydrogens (tertiary/aromatic N) is 1. The minimum absolute atomic E-state index is 0.0255. The second-order valence-corrected chi connectivity index (χ2v) is 5.24. The molecule has 1 aromatic rings. The fourth-order valence-corrected chi connectivity index (χ4v) is 2.16. The molecular formula is C12H15Cl3N2O3. The molecule has 0 aromatic heterocycles. The molecule has 0 fully saturated rings. The van der Waals surface area contributed by atoms with Gasteiger partial charge >= 0.3 is 0 Å². The van der Waals surface area contributed by atoms with Crippen molar-refractivity contribution < 1.29 is 15.0 Å². The summed E-state index contributed by atoms with van der Waals surface area (Å²) in [5.41, 5.74) is 0.360. The van der Waals surface area contributed by atoms with E-state index in [1.54, 1.807) is 4.90 Å². The largest absolute Gasteiger partial charge is 0.395 e. The van der Waals surface area contributed by atoms with Crippen molar-refractivity contribution in [1.82, 2.24) is 4.90 Å². The molecule has 0 saturated carbocycles. The van der Waals surface area contributed by atoms with E-state index in [1.807, 2.05) is 0 Å². The molecule has 0 bridgehead atoms. The van der Waals surface area contributed by atoms with Crippen molar-refractivity contribution >= 4 is 46.4 Å². The minimum atomic E-state index is -0.327. The molecule has 0 spiro atoms. The number of aliphatic hydroxyl groups is 2. The quantitative estimate of drug-likeness (QED) is 0.662. The average molecular weight is 342 g/mol. The first-order chi connectivity index (χ1) is 9.47. The molecule has 0 saturated heterocycles. The molecule has 112 valence electrons. The van der Waals surface area contributed by atoms with Crippen LogP contribution in [-0.2, 0) is 4.79 Å². The van der Waals surface area contributed by atoms with E-state index in [4.69, 9.17) is 45.0 Å². The van der Waals surface area contributed by atoms with Crippen LogP contribution in [-0.4, -0.2) is 53.9 Å². The summed E-state index contributed by atoms with van der Waals surface area (Å²) in [4.78, 5) is 13.5. The molecular weight excluding hydrogens is 327 g/mol. The third-order valence-corrected chi connectivity index (χ3v) is 3.52. The van der Waals surface area contributed by atoms with Gasteiger partial charge in [-0.05, 0) is 12.1 Å². The predicted octanol–water partition coefficient (Wildman–Crippen LogP) is 1.87. The van der Waals surface area contributed by atoms with Gasteiger partial charge in [0.2, 0.25) is 5.91 Å². The number of aliphatic hydroxyl groups excluding tert-OH is 2. The maximum absolute atomic E-state index is 11.9. The Bertz CT molecular complexity index is 466. The number of rotatable bonds is 7. The van der Waals surface area contributed by atoms with Crippen molar-refractivity contribution in [2.24, 2.45) is 0 Å². The maximum atomic E-state index is 11.9. The van der Waals surface area contributed by atoms with Crippen molar-refractivity contribution in [2.45, 2.75) is 0 Å². The highest BCUT2D eigenvalue weighted by atomic mass is 35.5. The van der Waals surface area contributed by atoms with E-state index in [0.29, 0.717) is 23.8 Å². The molecule has 0 radical (unpaired) electrons. The second-order valence-electron chi connectivity index (χ2n) is 4.02. The number of carbonyl (C=O) groups is 1. The molecule has 0 aliphatic carbocycles. The van der Waals surface area contributed by atoms with E-state index in [9.17, 15) is 4.79 Å². The summed E-state index contributed by atoms with van der Waals surface area (Å²) in [6, 6.07) is 2.91. The summed E-state index contributed by atoms with van der Waals surface area (Å²) in [6.07, 6.45) is 0. The Morgan fingerprint density at radius 1 is 1.05 bits per heavy atom. The highest BCUT2D eigenvalue weighted by Crippen LogP contribution is 2.32. The van der Waals surface area contributed by atoms with Crippen LogP contribution < -0.4 is 5.32 Å². The average Bonchev–Trinajstić information content (AvgIpc) is 2.36. The number of hydrogen-bond acceptors (Lipinski definition) is 4. The van der Waals surface area contributed by atoms with Gasteiger partial charge in [-0.25, -0.2) is 0 Å². The molecule has 1 rings (SSSR count). The number of hydrogen-bond donors (Lipinski definition) is 3. The van der Waals surface area contributed by atoms with Gasteiger partial charge in [-0.3, -0.25) is 9.69 Å².